The molecule has 0 aliphatic heterocycles. The molecule has 18 heavy (non-hydrogen) atoms. The Labute approximate surface area is 108 Å². The van der Waals surface area contributed by atoms with E-state index in [-0.39, 0.29) is 10.9 Å². The third kappa shape index (κ3) is 3.28. The molecule has 1 aromatic heterocycles. The van der Waals surface area contributed by atoms with Gasteiger partial charge in [-0.2, -0.15) is 0 Å². The second kappa shape index (κ2) is 5.77. The molecule has 3 N–H and O–H groups in total. The molecular weight excluding hydrogens is 250 g/mol. The maximum absolute atomic E-state index is 12.1. The van der Waals surface area contributed by atoms with Gasteiger partial charge in [-0.25, -0.2) is 13.1 Å². The van der Waals surface area contributed by atoms with Crippen molar-refractivity contribution in [2.24, 2.45) is 5.73 Å². The Morgan fingerprint density at radius 3 is 2.56 bits per heavy atom. The first-order valence-electron chi connectivity index (χ1n) is 6.29. The summed E-state index contributed by atoms with van der Waals surface area (Å²) in [6.07, 6.45) is 6.61. The van der Waals surface area contributed by atoms with Crippen molar-refractivity contribution in [2.75, 3.05) is 0 Å². The molecule has 0 unspecified atom stereocenters. The monoisotopic (exact) mass is 269 g/mol. The van der Waals surface area contributed by atoms with Gasteiger partial charge in [-0.15, -0.1) is 0 Å². The highest BCUT2D eigenvalue weighted by Crippen LogP contribution is 2.19. The maximum Gasteiger partial charge on any atom is 0.242 e. The molecule has 100 valence electrons. The quantitative estimate of drug-likeness (QED) is 0.858. The Balaban J connectivity index is 2.08. The van der Waals surface area contributed by atoms with Crippen LogP contribution in [0.25, 0.3) is 0 Å². The summed E-state index contributed by atoms with van der Waals surface area (Å²) in [5.41, 5.74) is 6.12. The van der Waals surface area contributed by atoms with Crippen molar-refractivity contribution in [1.82, 2.24) is 9.71 Å². The maximum atomic E-state index is 12.1. The van der Waals surface area contributed by atoms with Gasteiger partial charge in [0.2, 0.25) is 10.0 Å². The van der Waals surface area contributed by atoms with Crippen molar-refractivity contribution in [3.63, 3.8) is 0 Å². The average molecular weight is 269 g/mol. The molecule has 6 heteroatoms. The first-order chi connectivity index (χ1) is 8.62. The lowest BCUT2D eigenvalue weighted by molar-refractivity contribution is 0.412. The molecule has 1 saturated carbocycles. The van der Waals surface area contributed by atoms with Gasteiger partial charge in [0, 0.05) is 18.8 Å². The van der Waals surface area contributed by atoms with Crippen molar-refractivity contribution >= 4 is 10.0 Å². The van der Waals surface area contributed by atoms with Crippen LogP contribution in [0.2, 0.25) is 0 Å². The summed E-state index contributed by atoms with van der Waals surface area (Å²) in [4.78, 5) is 4.23. The minimum atomic E-state index is -3.44. The topological polar surface area (TPSA) is 85.1 Å². The van der Waals surface area contributed by atoms with Crippen LogP contribution >= 0.6 is 0 Å². The first-order valence-corrected chi connectivity index (χ1v) is 7.77. The molecule has 0 aromatic carbocycles. The Morgan fingerprint density at radius 2 is 2.00 bits per heavy atom. The number of nitrogens with one attached hydrogen (secondary N) is 1. The highest BCUT2D eigenvalue weighted by Gasteiger charge is 2.21. The second-order valence-corrected chi connectivity index (χ2v) is 6.36. The average Bonchev–Trinajstić information content (AvgIpc) is 2.39. The van der Waals surface area contributed by atoms with E-state index < -0.39 is 10.0 Å². The molecule has 0 radical (unpaired) electrons. The molecule has 0 saturated heterocycles. The lowest BCUT2D eigenvalue weighted by Crippen LogP contribution is -2.36. The van der Waals surface area contributed by atoms with Crippen LogP contribution in [0, 0.1) is 0 Å². The van der Waals surface area contributed by atoms with E-state index in [0.717, 1.165) is 25.7 Å². The molecule has 1 heterocycles. The van der Waals surface area contributed by atoms with Crippen LogP contribution in [0.3, 0.4) is 0 Å². The number of aromatic nitrogens is 1. The zero-order valence-corrected chi connectivity index (χ0v) is 11.1. The van der Waals surface area contributed by atoms with Crippen molar-refractivity contribution in [3.8, 4) is 0 Å². The van der Waals surface area contributed by atoms with Gasteiger partial charge in [0.15, 0.2) is 0 Å². The summed E-state index contributed by atoms with van der Waals surface area (Å²) in [5, 5.41) is 0. The number of hydrogen-bond donors (Lipinski definition) is 2. The third-order valence-corrected chi connectivity index (χ3v) is 4.75. The molecule has 1 aliphatic carbocycles. The fraction of sp³-hybridized carbons (Fsp3) is 0.583. The number of sulfonamides is 1. The first kappa shape index (κ1) is 13.5. The van der Waals surface area contributed by atoms with Crippen molar-refractivity contribution in [3.05, 3.63) is 24.0 Å². The van der Waals surface area contributed by atoms with Crippen molar-refractivity contribution < 1.29 is 8.42 Å². The van der Waals surface area contributed by atoms with E-state index >= 15 is 0 Å². The zero-order valence-electron chi connectivity index (χ0n) is 10.3. The Morgan fingerprint density at radius 1 is 1.28 bits per heavy atom. The van der Waals surface area contributed by atoms with E-state index in [4.69, 9.17) is 5.73 Å². The van der Waals surface area contributed by atoms with E-state index in [9.17, 15) is 8.42 Å². The van der Waals surface area contributed by atoms with Crippen LogP contribution in [-0.4, -0.2) is 19.4 Å². The lowest BCUT2D eigenvalue weighted by Gasteiger charge is -2.22. The van der Waals surface area contributed by atoms with Gasteiger partial charge in [0.25, 0.3) is 0 Å². The van der Waals surface area contributed by atoms with Crippen LogP contribution in [0.15, 0.2) is 23.2 Å². The van der Waals surface area contributed by atoms with E-state index in [2.05, 4.69) is 9.71 Å². The van der Waals surface area contributed by atoms with Gasteiger partial charge in [-0.05, 0) is 25.0 Å². The molecule has 0 spiro atoms. The second-order valence-electron chi connectivity index (χ2n) is 4.65. The van der Waals surface area contributed by atoms with Gasteiger partial charge in [0.1, 0.15) is 4.90 Å². The van der Waals surface area contributed by atoms with Gasteiger partial charge in [0.05, 0.1) is 5.69 Å². The number of nitrogens with zero attached hydrogens (tertiary/aromatic N) is 1. The Kier molecular flexibility index (Phi) is 4.31. The number of hydrogen-bond acceptors (Lipinski definition) is 4. The summed E-state index contributed by atoms with van der Waals surface area (Å²) in [6, 6.07) is 3.27. The molecule has 0 atom stereocenters. The predicted octanol–water partition coefficient (Wildman–Crippen LogP) is 1.15. The smallest absolute Gasteiger partial charge is 0.242 e. The zero-order chi connectivity index (χ0) is 13.0. The van der Waals surface area contributed by atoms with Gasteiger partial charge in [-0.3, -0.25) is 4.98 Å². The molecule has 1 aliphatic rings. The molecule has 5 nitrogen and oxygen atoms in total. The molecule has 0 amide bonds. The van der Waals surface area contributed by atoms with E-state index in [0.29, 0.717) is 12.2 Å². The molecule has 1 aromatic rings. The van der Waals surface area contributed by atoms with Crippen molar-refractivity contribution in [1.29, 1.82) is 0 Å². The van der Waals surface area contributed by atoms with Gasteiger partial charge in [-0.1, -0.05) is 19.3 Å². The van der Waals surface area contributed by atoms with E-state index in [1.165, 1.54) is 12.6 Å². The number of rotatable bonds is 4. The highest BCUT2D eigenvalue weighted by molar-refractivity contribution is 7.89. The summed E-state index contributed by atoms with van der Waals surface area (Å²) in [6.45, 7) is 0.316. The summed E-state index contributed by atoms with van der Waals surface area (Å²) in [7, 11) is -3.44. The normalized spacial score (nSPS) is 17.8. The molecule has 1 fully saturated rings. The number of nitrogens with two attached hydrogens (primary N) is 1. The minimum Gasteiger partial charge on any atom is -0.325 e. The number of pyridine rings is 1. The summed E-state index contributed by atoms with van der Waals surface area (Å²) < 4.78 is 27.0. The van der Waals surface area contributed by atoms with Gasteiger partial charge < -0.3 is 5.73 Å². The molecular formula is C12H19N3O2S. The van der Waals surface area contributed by atoms with E-state index in [1.54, 1.807) is 12.1 Å². The van der Waals surface area contributed by atoms with Crippen LogP contribution in [0.4, 0.5) is 0 Å². The highest BCUT2D eigenvalue weighted by atomic mass is 32.2. The summed E-state index contributed by atoms with van der Waals surface area (Å²) in [5.74, 6) is 0. The Hall–Kier alpha value is -0.980. The minimum absolute atomic E-state index is 0.0675. The Bertz CT molecular complexity index is 479. The van der Waals surface area contributed by atoms with Crippen LogP contribution in [0.1, 0.15) is 37.8 Å². The van der Waals surface area contributed by atoms with Crippen LogP contribution in [-0.2, 0) is 16.6 Å². The van der Waals surface area contributed by atoms with Crippen LogP contribution < -0.4 is 10.5 Å². The fourth-order valence-electron chi connectivity index (χ4n) is 2.20. The largest absolute Gasteiger partial charge is 0.325 e. The predicted molar refractivity (Wildman–Crippen MR) is 69.3 cm³/mol. The van der Waals surface area contributed by atoms with Gasteiger partial charge >= 0.3 is 0 Å². The standard InChI is InChI=1S/C12H19N3O2S/c13-8-11-6-7-12(9-14-11)18(16,17)15-10-4-2-1-3-5-10/h6-7,9-10,15H,1-5,8,13H2. The third-order valence-electron chi connectivity index (χ3n) is 3.24. The fourth-order valence-corrected chi connectivity index (χ4v) is 3.45. The molecule has 2 rings (SSSR count). The summed E-state index contributed by atoms with van der Waals surface area (Å²) >= 11 is 0. The molecule has 0 bridgehead atoms. The SMILES string of the molecule is NCc1ccc(S(=O)(=O)NC2CCCCC2)cn1. The van der Waals surface area contributed by atoms with Crippen molar-refractivity contribution in [2.45, 2.75) is 49.6 Å². The van der Waals surface area contributed by atoms with E-state index in [1.807, 2.05) is 0 Å². The van der Waals surface area contributed by atoms with Crippen LogP contribution in [0.5, 0.6) is 0 Å². The lowest BCUT2D eigenvalue weighted by atomic mass is 9.96.